The zero-order valence-electron chi connectivity index (χ0n) is 12.0. The van der Waals surface area contributed by atoms with Crippen LogP contribution in [0.1, 0.15) is 32.4 Å². The Bertz CT molecular complexity index is 496. The fraction of sp³-hybridized carbons (Fsp3) is 0.615. The number of carbonyl (C=O) groups is 1. The standard InChI is InChI=1S/C13H22N2O4S/c1-3-4-10-20(17,18)14-7-8-15(12(2)16)11-13-6-5-9-19-13/h5-6,9,14H,3-4,7-8,10-11H2,1-2H3. The number of rotatable bonds is 9. The van der Waals surface area contributed by atoms with Crippen molar-refractivity contribution in [3.63, 3.8) is 0 Å². The van der Waals surface area contributed by atoms with E-state index in [1.165, 1.54) is 6.92 Å². The highest BCUT2D eigenvalue weighted by molar-refractivity contribution is 7.89. The Morgan fingerprint density at radius 3 is 2.75 bits per heavy atom. The lowest BCUT2D eigenvalue weighted by atomic mass is 10.4. The van der Waals surface area contributed by atoms with Crippen molar-refractivity contribution in [1.29, 1.82) is 0 Å². The van der Waals surface area contributed by atoms with E-state index in [9.17, 15) is 13.2 Å². The number of nitrogens with one attached hydrogen (secondary N) is 1. The van der Waals surface area contributed by atoms with Crippen LogP contribution in [0.15, 0.2) is 22.8 Å². The molecule has 0 aliphatic rings. The van der Waals surface area contributed by atoms with Crippen molar-refractivity contribution in [2.24, 2.45) is 0 Å². The summed E-state index contributed by atoms with van der Waals surface area (Å²) in [5, 5.41) is 0. The average molecular weight is 302 g/mol. The summed E-state index contributed by atoms with van der Waals surface area (Å²) in [6.07, 6.45) is 3.01. The molecule has 0 atom stereocenters. The molecule has 0 aliphatic carbocycles. The van der Waals surface area contributed by atoms with E-state index in [1.54, 1.807) is 23.3 Å². The molecule has 0 saturated carbocycles. The predicted molar refractivity (Wildman–Crippen MR) is 76.5 cm³/mol. The molecule has 0 aliphatic heterocycles. The molecular weight excluding hydrogens is 280 g/mol. The van der Waals surface area contributed by atoms with Crippen molar-refractivity contribution in [1.82, 2.24) is 9.62 Å². The fourth-order valence-corrected chi connectivity index (χ4v) is 2.90. The first-order chi connectivity index (χ1) is 9.44. The van der Waals surface area contributed by atoms with Gasteiger partial charge in [-0.2, -0.15) is 0 Å². The van der Waals surface area contributed by atoms with Crippen molar-refractivity contribution in [3.05, 3.63) is 24.2 Å². The van der Waals surface area contributed by atoms with E-state index in [0.29, 0.717) is 25.3 Å². The Morgan fingerprint density at radius 1 is 1.45 bits per heavy atom. The first-order valence-electron chi connectivity index (χ1n) is 6.70. The lowest BCUT2D eigenvalue weighted by Crippen LogP contribution is -2.37. The van der Waals surface area contributed by atoms with Crippen molar-refractivity contribution in [2.75, 3.05) is 18.8 Å². The highest BCUT2D eigenvalue weighted by atomic mass is 32.2. The monoisotopic (exact) mass is 302 g/mol. The van der Waals surface area contributed by atoms with Crippen LogP contribution in [0.2, 0.25) is 0 Å². The maximum Gasteiger partial charge on any atom is 0.219 e. The normalized spacial score (nSPS) is 11.5. The summed E-state index contributed by atoms with van der Waals surface area (Å²) in [6.45, 7) is 4.28. The van der Waals surface area contributed by atoms with E-state index in [1.807, 2.05) is 6.92 Å². The summed E-state index contributed by atoms with van der Waals surface area (Å²) >= 11 is 0. The Hall–Kier alpha value is -1.34. The van der Waals surface area contributed by atoms with Crippen molar-refractivity contribution < 1.29 is 17.6 Å². The van der Waals surface area contributed by atoms with Crippen LogP contribution in [0.25, 0.3) is 0 Å². The Labute approximate surface area is 120 Å². The Balaban J connectivity index is 2.42. The van der Waals surface area contributed by atoms with Crippen LogP contribution in [-0.2, 0) is 21.4 Å². The van der Waals surface area contributed by atoms with Gasteiger partial charge < -0.3 is 9.32 Å². The Kier molecular flexibility index (Phi) is 6.74. The van der Waals surface area contributed by atoms with Gasteiger partial charge in [-0.05, 0) is 18.6 Å². The van der Waals surface area contributed by atoms with Gasteiger partial charge in [-0.1, -0.05) is 13.3 Å². The molecule has 7 heteroatoms. The van der Waals surface area contributed by atoms with Crippen LogP contribution in [-0.4, -0.2) is 38.1 Å². The molecule has 0 unspecified atom stereocenters. The maximum absolute atomic E-state index is 11.6. The minimum atomic E-state index is -3.24. The van der Waals surface area contributed by atoms with Gasteiger partial charge in [0.25, 0.3) is 0 Å². The number of hydrogen-bond donors (Lipinski definition) is 1. The minimum Gasteiger partial charge on any atom is -0.467 e. The molecule has 0 radical (unpaired) electrons. The molecule has 0 aromatic carbocycles. The van der Waals surface area contributed by atoms with Crippen LogP contribution in [0.3, 0.4) is 0 Å². The number of carbonyl (C=O) groups excluding carboxylic acids is 1. The van der Waals surface area contributed by atoms with Crippen LogP contribution in [0, 0.1) is 0 Å². The number of unbranched alkanes of at least 4 members (excludes halogenated alkanes) is 1. The predicted octanol–water partition coefficient (Wildman–Crippen LogP) is 1.35. The minimum absolute atomic E-state index is 0.117. The van der Waals surface area contributed by atoms with E-state index in [4.69, 9.17) is 4.42 Å². The third-order valence-corrected chi connectivity index (χ3v) is 4.31. The number of hydrogen-bond acceptors (Lipinski definition) is 4. The number of furan rings is 1. The molecule has 1 aromatic heterocycles. The molecular formula is C13H22N2O4S. The topological polar surface area (TPSA) is 79.6 Å². The van der Waals surface area contributed by atoms with Gasteiger partial charge in [0.1, 0.15) is 5.76 Å². The average Bonchev–Trinajstić information content (AvgIpc) is 2.88. The molecule has 1 amide bonds. The SMILES string of the molecule is CCCCS(=O)(=O)NCCN(Cc1ccco1)C(C)=O. The van der Waals surface area contributed by atoms with Gasteiger partial charge in [0, 0.05) is 20.0 Å². The summed E-state index contributed by atoms with van der Waals surface area (Å²) < 4.78 is 30.9. The third-order valence-electron chi connectivity index (χ3n) is 2.84. The van der Waals surface area contributed by atoms with E-state index < -0.39 is 10.0 Å². The second-order valence-electron chi connectivity index (χ2n) is 4.59. The first-order valence-corrected chi connectivity index (χ1v) is 8.35. The van der Waals surface area contributed by atoms with Crippen molar-refractivity contribution in [3.8, 4) is 0 Å². The quantitative estimate of drug-likeness (QED) is 0.746. The molecule has 1 heterocycles. The third kappa shape index (κ3) is 6.21. The molecule has 0 bridgehead atoms. The van der Waals surface area contributed by atoms with Gasteiger partial charge in [-0.3, -0.25) is 4.79 Å². The van der Waals surface area contributed by atoms with Gasteiger partial charge >= 0.3 is 0 Å². The van der Waals surface area contributed by atoms with Gasteiger partial charge in [-0.25, -0.2) is 13.1 Å². The Morgan fingerprint density at radius 2 is 2.20 bits per heavy atom. The largest absolute Gasteiger partial charge is 0.467 e. The second-order valence-corrected chi connectivity index (χ2v) is 6.51. The summed E-state index contributed by atoms with van der Waals surface area (Å²) in [4.78, 5) is 13.0. The molecule has 114 valence electrons. The summed E-state index contributed by atoms with van der Waals surface area (Å²) in [5.74, 6) is 0.685. The molecule has 6 nitrogen and oxygen atoms in total. The summed E-state index contributed by atoms with van der Waals surface area (Å²) in [5.41, 5.74) is 0. The van der Waals surface area contributed by atoms with E-state index >= 15 is 0 Å². The number of sulfonamides is 1. The van der Waals surface area contributed by atoms with Gasteiger partial charge in [0.2, 0.25) is 15.9 Å². The van der Waals surface area contributed by atoms with Crippen LogP contribution in [0.5, 0.6) is 0 Å². The molecule has 0 saturated heterocycles. The van der Waals surface area contributed by atoms with E-state index in [2.05, 4.69) is 4.72 Å². The fourth-order valence-electron chi connectivity index (χ4n) is 1.68. The summed E-state index contributed by atoms with van der Waals surface area (Å²) in [6, 6.07) is 3.53. The smallest absolute Gasteiger partial charge is 0.219 e. The summed E-state index contributed by atoms with van der Waals surface area (Å²) in [7, 11) is -3.24. The highest BCUT2D eigenvalue weighted by Crippen LogP contribution is 2.05. The number of nitrogens with zero attached hydrogens (tertiary/aromatic N) is 1. The lowest BCUT2D eigenvalue weighted by molar-refractivity contribution is -0.129. The highest BCUT2D eigenvalue weighted by Gasteiger charge is 2.13. The first kappa shape index (κ1) is 16.7. The van der Waals surface area contributed by atoms with Gasteiger partial charge in [0.05, 0.1) is 18.6 Å². The molecule has 20 heavy (non-hydrogen) atoms. The van der Waals surface area contributed by atoms with Crippen LogP contribution in [0.4, 0.5) is 0 Å². The van der Waals surface area contributed by atoms with E-state index in [0.717, 1.165) is 6.42 Å². The van der Waals surface area contributed by atoms with Crippen molar-refractivity contribution in [2.45, 2.75) is 33.2 Å². The number of amides is 1. The van der Waals surface area contributed by atoms with Crippen LogP contribution < -0.4 is 4.72 Å². The molecule has 0 spiro atoms. The maximum atomic E-state index is 11.6. The van der Waals surface area contributed by atoms with Crippen LogP contribution >= 0.6 is 0 Å². The zero-order valence-corrected chi connectivity index (χ0v) is 12.8. The van der Waals surface area contributed by atoms with Crippen molar-refractivity contribution >= 4 is 15.9 Å². The molecule has 1 N–H and O–H groups in total. The molecule has 0 fully saturated rings. The molecule has 1 aromatic rings. The van der Waals surface area contributed by atoms with E-state index in [-0.39, 0.29) is 18.2 Å². The van der Waals surface area contributed by atoms with Gasteiger partial charge in [0.15, 0.2) is 0 Å². The molecule has 1 rings (SSSR count). The zero-order chi connectivity index (χ0) is 15.0. The van der Waals surface area contributed by atoms with Gasteiger partial charge in [-0.15, -0.1) is 0 Å². The second kappa shape index (κ2) is 8.06. The lowest BCUT2D eigenvalue weighted by Gasteiger charge is -2.20.